The van der Waals surface area contributed by atoms with Crippen LogP contribution in [0.5, 0.6) is 0 Å². The van der Waals surface area contributed by atoms with Crippen molar-refractivity contribution in [2.45, 2.75) is 18.2 Å². The molecule has 0 unspecified atom stereocenters. The lowest BCUT2D eigenvalue weighted by Crippen LogP contribution is -2.48. The molecule has 2 amide bonds. The summed E-state index contributed by atoms with van der Waals surface area (Å²) in [6.07, 6.45) is 7.24. The maximum atomic E-state index is 13.2. The van der Waals surface area contributed by atoms with Crippen LogP contribution in [-0.4, -0.2) is 69.4 Å². The van der Waals surface area contributed by atoms with Crippen LogP contribution in [0.2, 0.25) is 0 Å². The van der Waals surface area contributed by atoms with Crippen molar-refractivity contribution < 1.29 is 14.3 Å². The van der Waals surface area contributed by atoms with E-state index < -0.39 is 11.5 Å². The number of nitrogens with zero attached hydrogens (tertiary/aromatic N) is 3. The quantitative estimate of drug-likeness (QED) is 0.740. The molecule has 136 valence electrons. The van der Waals surface area contributed by atoms with Gasteiger partial charge in [-0.15, -0.1) is 0 Å². The fourth-order valence-electron chi connectivity index (χ4n) is 4.70. The molecule has 3 saturated heterocycles. The van der Waals surface area contributed by atoms with Crippen molar-refractivity contribution in [1.29, 1.82) is 0 Å². The molecule has 0 N–H and O–H groups in total. The zero-order valence-electron chi connectivity index (χ0n) is 14.4. The van der Waals surface area contributed by atoms with Gasteiger partial charge in [-0.2, -0.15) is 11.8 Å². The average Bonchev–Trinajstić information content (AvgIpc) is 3.31. The summed E-state index contributed by atoms with van der Waals surface area (Å²) in [4.78, 5) is 34.2. The molecule has 26 heavy (non-hydrogen) atoms. The van der Waals surface area contributed by atoms with Crippen LogP contribution in [0.4, 0.5) is 0 Å². The number of ether oxygens (including phenoxy) is 1. The van der Waals surface area contributed by atoms with Crippen molar-refractivity contribution in [2.24, 2.45) is 11.8 Å². The molecule has 3 fully saturated rings. The smallest absolute Gasteiger partial charge is 0.230 e. The molecule has 0 saturated carbocycles. The lowest BCUT2D eigenvalue weighted by molar-refractivity contribution is -0.143. The zero-order valence-corrected chi connectivity index (χ0v) is 15.2. The van der Waals surface area contributed by atoms with Crippen LogP contribution >= 0.6 is 11.8 Å². The highest BCUT2D eigenvalue weighted by molar-refractivity contribution is 7.99. The molecule has 4 aliphatic rings. The molecule has 0 aromatic carbocycles. The summed E-state index contributed by atoms with van der Waals surface area (Å²) >= 11 is 1.87. The minimum Gasteiger partial charge on any atom is -0.360 e. The van der Waals surface area contributed by atoms with Crippen molar-refractivity contribution in [1.82, 2.24) is 14.8 Å². The van der Waals surface area contributed by atoms with Gasteiger partial charge in [-0.05, 0) is 11.6 Å². The molecule has 5 heterocycles. The van der Waals surface area contributed by atoms with E-state index in [1.807, 2.05) is 45.8 Å². The van der Waals surface area contributed by atoms with E-state index in [-0.39, 0.29) is 23.8 Å². The number of fused-ring (bicyclic) bond motifs is 1. The van der Waals surface area contributed by atoms with Gasteiger partial charge in [-0.1, -0.05) is 18.2 Å². The van der Waals surface area contributed by atoms with Gasteiger partial charge < -0.3 is 14.5 Å². The summed E-state index contributed by atoms with van der Waals surface area (Å²) in [5.74, 6) is 1.28. The molecule has 0 aliphatic carbocycles. The molecular formula is C19H21N3O3S. The van der Waals surface area contributed by atoms with E-state index in [9.17, 15) is 9.59 Å². The first kappa shape index (κ1) is 16.3. The van der Waals surface area contributed by atoms with Gasteiger partial charge >= 0.3 is 0 Å². The van der Waals surface area contributed by atoms with Gasteiger partial charge in [0.25, 0.3) is 0 Å². The first-order valence-corrected chi connectivity index (χ1v) is 10.2. The standard InChI is InChI=1S/C19H21N3O3S/c23-17(21-6-8-26-9-7-21)15-14-3-4-19(25-14)12-22(18(24)16(15)19)11-13-2-1-5-20-10-13/h1-5,10,14-16H,6-9,11-12H2/t14-,15+,16+,19-/m0/s1. The molecule has 5 rings (SSSR count). The second-order valence-corrected chi connectivity index (χ2v) is 8.62. The minimum absolute atomic E-state index is 0.0328. The number of thioether (sulfide) groups is 1. The van der Waals surface area contributed by atoms with Gasteiger partial charge in [0, 0.05) is 43.5 Å². The Morgan fingerprint density at radius 1 is 1.38 bits per heavy atom. The third kappa shape index (κ3) is 2.41. The first-order valence-electron chi connectivity index (χ1n) is 9.09. The van der Waals surface area contributed by atoms with Crippen LogP contribution in [0.1, 0.15) is 5.56 Å². The highest BCUT2D eigenvalue weighted by Crippen LogP contribution is 2.52. The highest BCUT2D eigenvalue weighted by atomic mass is 32.2. The van der Waals surface area contributed by atoms with Gasteiger partial charge in [0.1, 0.15) is 5.60 Å². The third-order valence-electron chi connectivity index (χ3n) is 5.88. The molecule has 4 atom stereocenters. The first-order chi connectivity index (χ1) is 12.7. The minimum atomic E-state index is -0.630. The van der Waals surface area contributed by atoms with Gasteiger partial charge in [0.05, 0.1) is 24.5 Å². The number of carbonyl (C=O) groups is 2. The fourth-order valence-corrected chi connectivity index (χ4v) is 5.60. The molecule has 1 spiro atoms. The number of likely N-dealkylation sites (tertiary alicyclic amines) is 1. The Kier molecular flexibility index (Phi) is 3.83. The van der Waals surface area contributed by atoms with E-state index >= 15 is 0 Å². The summed E-state index contributed by atoms with van der Waals surface area (Å²) in [7, 11) is 0. The summed E-state index contributed by atoms with van der Waals surface area (Å²) in [6.45, 7) is 2.56. The normalized spacial score (nSPS) is 35.2. The maximum absolute atomic E-state index is 13.2. The van der Waals surface area contributed by atoms with Crippen LogP contribution in [0.15, 0.2) is 36.7 Å². The largest absolute Gasteiger partial charge is 0.360 e. The number of pyridine rings is 1. The number of hydrogen-bond acceptors (Lipinski definition) is 5. The van der Waals surface area contributed by atoms with E-state index in [2.05, 4.69) is 4.98 Å². The Morgan fingerprint density at radius 2 is 2.23 bits per heavy atom. The lowest BCUT2D eigenvalue weighted by Gasteiger charge is -2.32. The van der Waals surface area contributed by atoms with Gasteiger partial charge in [-0.3, -0.25) is 14.6 Å². The van der Waals surface area contributed by atoms with Crippen LogP contribution in [0, 0.1) is 11.8 Å². The predicted octanol–water partition coefficient (Wildman–Crippen LogP) is 0.939. The molecule has 6 nitrogen and oxygen atoms in total. The molecule has 0 radical (unpaired) electrons. The van der Waals surface area contributed by atoms with E-state index in [0.29, 0.717) is 13.1 Å². The van der Waals surface area contributed by atoms with E-state index in [1.54, 1.807) is 12.4 Å². The molecule has 4 aliphatic heterocycles. The van der Waals surface area contributed by atoms with Crippen LogP contribution < -0.4 is 0 Å². The second kappa shape index (κ2) is 6.09. The van der Waals surface area contributed by atoms with Crippen LogP contribution in [-0.2, 0) is 20.9 Å². The Labute approximate surface area is 156 Å². The topological polar surface area (TPSA) is 62.7 Å². The van der Waals surface area contributed by atoms with Crippen LogP contribution in [0.25, 0.3) is 0 Å². The summed E-state index contributed by atoms with van der Waals surface area (Å²) in [5.41, 5.74) is 0.362. The Morgan fingerprint density at radius 3 is 3.00 bits per heavy atom. The summed E-state index contributed by atoms with van der Waals surface area (Å²) in [5, 5.41) is 0. The maximum Gasteiger partial charge on any atom is 0.230 e. The Balaban J connectivity index is 1.40. The molecular weight excluding hydrogens is 350 g/mol. The summed E-state index contributed by atoms with van der Waals surface area (Å²) < 4.78 is 6.20. The van der Waals surface area contributed by atoms with Gasteiger partial charge in [-0.25, -0.2) is 0 Å². The van der Waals surface area contributed by atoms with Crippen molar-refractivity contribution in [3.05, 3.63) is 42.2 Å². The second-order valence-electron chi connectivity index (χ2n) is 7.39. The van der Waals surface area contributed by atoms with E-state index in [0.717, 1.165) is 30.2 Å². The molecule has 7 heteroatoms. The molecule has 1 aromatic rings. The van der Waals surface area contributed by atoms with Gasteiger partial charge in [0.2, 0.25) is 11.8 Å². The SMILES string of the molecule is O=C([C@@H]1[C@@H]2C=C[C@@]3(CN(Cc4cccnc4)C(=O)[C@@H]13)O2)N1CCSCC1. The van der Waals surface area contributed by atoms with Crippen molar-refractivity contribution in [3.8, 4) is 0 Å². The van der Waals surface area contributed by atoms with E-state index in [4.69, 9.17) is 4.74 Å². The van der Waals surface area contributed by atoms with Crippen molar-refractivity contribution in [3.63, 3.8) is 0 Å². The molecule has 2 bridgehead atoms. The summed E-state index contributed by atoms with van der Waals surface area (Å²) in [6, 6.07) is 3.84. The van der Waals surface area contributed by atoms with E-state index in [1.165, 1.54) is 0 Å². The number of aromatic nitrogens is 1. The van der Waals surface area contributed by atoms with Crippen molar-refractivity contribution in [2.75, 3.05) is 31.1 Å². The van der Waals surface area contributed by atoms with Crippen molar-refractivity contribution >= 4 is 23.6 Å². The molecule has 1 aromatic heterocycles. The zero-order chi connectivity index (χ0) is 17.7. The number of hydrogen-bond donors (Lipinski definition) is 0. The number of amides is 2. The Bertz CT molecular complexity index is 765. The Hall–Kier alpha value is -1.86. The average molecular weight is 371 g/mol. The third-order valence-corrected chi connectivity index (χ3v) is 6.83. The van der Waals surface area contributed by atoms with Gasteiger partial charge in [0.15, 0.2) is 0 Å². The number of carbonyl (C=O) groups excluding carboxylic acids is 2. The number of rotatable bonds is 3. The lowest BCUT2D eigenvalue weighted by atomic mass is 9.76. The highest BCUT2D eigenvalue weighted by Gasteiger charge is 2.67. The van der Waals surface area contributed by atoms with Crippen LogP contribution in [0.3, 0.4) is 0 Å². The fraction of sp³-hybridized carbons (Fsp3) is 0.526. The predicted molar refractivity (Wildman–Crippen MR) is 97.3 cm³/mol. The monoisotopic (exact) mass is 371 g/mol.